The molecule has 0 bridgehead atoms. The monoisotopic (exact) mass is 274 g/mol. The highest BCUT2D eigenvalue weighted by Crippen LogP contribution is 2.47. The zero-order valence-corrected chi connectivity index (χ0v) is 10.9. The molecule has 1 amide bonds. The number of carbonyl (C=O) groups excluding carboxylic acids is 1. The zero-order valence-electron chi connectivity index (χ0n) is 10.9. The van der Waals surface area contributed by atoms with Crippen molar-refractivity contribution in [2.45, 2.75) is 24.0 Å². The Bertz CT molecular complexity index is 613. The summed E-state index contributed by atoms with van der Waals surface area (Å²) in [5, 5.41) is 14.4. The molecule has 0 aromatic heterocycles. The maximum atomic E-state index is 12.5. The highest BCUT2D eigenvalue weighted by molar-refractivity contribution is 6.02. The van der Waals surface area contributed by atoms with Crippen LogP contribution in [0.15, 0.2) is 36.4 Å². The number of hydrogen-bond donors (Lipinski definition) is 1. The molecule has 1 aliphatic carbocycles. The molecule has 3 rings (SSSR count). The van der Waals surface area contributed by atoms with Gasteiger partial charge in [-0.1, -0.05) is 30.4 Å². The number of methoxy groups -OCH3 is 1. The Morgan fingerprint density at radius 3 is 2.90 bits per heavy atom. The van der Waals surface area contributed by atoms with Crippen molar-refractivity contribution >= 4 is 11.6 Å². The first-order valence-electron chi connectivity index (χ1n) is 6.36. The highest BCUT2D eigenvalue weighted by atomic mass is 16.6. The maximum Gasteiger partial charge on any atom is 0.334 e. The molecule has 6 heteroatoms. The van der Waals surface area contributed by atoms with Crippen molar-refractivity contribution in [2.75, 3.05) is 12.4 Å². The van der Waals surface area contributed by atoms with Gasteiger partial charge in [0.25, 0.3) is 0 Å². The fourth-order valence-corrected chi connectivity index (χ4v) is 3.22. The van der Waals surface area contributed by atoms with E-state index in [0.717, 1.165) is 5.56 Å². The lowest BCUT2D eigenvalue weighted by atomic mass is 9.68. The number of nitrogens with zero attached hydrogens (tertiary/aromatic N) is 1. The number of ether oxygens (including phenoxy) is 1. The number of carbonyl (C=O) groups is 1. The largest absolute Gasteiger partial charge is 0.369 e. The van der Waals surface area contributed by atoms with Crippen LogP contribution in [0, 0.1) is 10.1 Å². The van der Waals surface area contributed by atoms with Gasteiger partial charge in [-0.25, -0.2) is 0 Å². The van der Waals surface area contributed by atoms with Crippen LogP contribution in [0.3, 0.4) is 0 Å². The smallest absolute Gasteiger partial charge is 0.334 e. The first-order valence-corrected chi connectivity index (χ1v) is 6.36. The molecule has 0 radical (unpaired) electrons. The predicted molar refractivity (Wildman–Crippen MR) is 72.1 cm³/mol. The molecule has 0 fully saturated rings. The second kappa shape index (κ2) is 4.42. The van der Waals surface area contributed by atoms with Gasteiger partial charge in [0, 0.05) is 17.7 Å². The van der Waals surface area contributed by atoms with Gasteiger partial charge in [0.05, 0.1) is 5.92 Å². The van der Waals surface area contributed by atoms with Gasteiger partial charge in [0.15, 0.2) is 6.10 Å². The summed E-state index contributed by atoms with van der Waals surface area (Å²) in [5.74, 6) is -1.13. The Hall–Kier alpha value is -2.21. The summed E-state index contributed by atoms with van der Waals surface area (Å²) in [6, 6.07) is 7.20. The van der Waals surface area contributed by atoms with Gasteiger partial charge in [-0.2, -0.15) is 0 Å². The number of fused-ring (bicyclic) bond motifs is 3. The van der Waals surface area contributed by atoms with Crippen molar-refractivity contribution < 1.29 is 14.5 Å². The molecule has 104 valence electrons. The van der Waals surface area contributed by atoms with E-state index >= 15 is 0 Å². The molecule has 0 saturated carbocycles. The fraction of sp³-hybridized carbons (Fsp3) is 0.357. The van der Waals surface area contributed by atoms with Gasteiger partial charge in [-0.3, -0.25) is 14.9 Å². The van der Waals surface area contributed by atoms with E-state index in [0.29, 0.717) is 12.1 Å². The van der Waals surface area contributed by atoms with Gasteiger partial charge >= 0.3 is 11.4 Å². The molecule has 2 aliphatic rings. The van der Waals surface area contributed by atoms with E-state index in [2.05, 4.69) is 5.32 Å². The Morgan fingerprint density at radius 1 is 1.45 bits per heavy atom. The number of allylic oxidation sites excluding steroid dienone is 1. The SMILES string of the molecule is CO[C@@H]1C=CC[C@H]2c3ccccc3NC(=O)[C@@]12[N+](=O)[O-]. The van der Waals surface area contributed by atoms with Crippen molar-refractivity contribution in [2.24, 2.45) is 0 Å². The number of para-hydroxylation sites is 1. The molecule has 1 aliphatic heterocycles. The fourth-order valence-electron chi connectivity index (χ4n) is 3.22. The lowest BCUT2D eigenvalue weighted by molar-refractivity contribution is -0.568. The average molecular weight is 274 g/mol. The maximum absolute atomic E-state index is 12.5. The quantitative estimate of drug-likeness (QED) is 0.505. The molecule has 1 heterocycles. The Morgan fingerprint density at radius 2 is 2.20 bits per heavy atom. The van der Waals surface area contributed by atoms with E-state index in [9.17, 15) is 14.9 Å². The van der Waals surface area contributed by atoms with Gasteiger partial charge in [0.1, 0.15) is 0 Å². The summed E-state index contributed by atoms with van der Waals surface area (Å²) in [5.41, 5.74) is -0.363. The lowest BCUT2D eigenvalue weighted by Crippen LogP contribution is -2.64. The highest BCUT2D eigenvalue weighted by Gasteiger charge is 2.66. The Balaban J connectivity index is 2.25. The average Bonchev–Trinajstić information content (AvgIpc) is 2.46. The molecular formula is C14H14N2O4. The predicted octanol–water partition coefficient (Wildman–Crippen LogP) is 1.71. The molecule has 0 saturated heterocycles. The third-order valence-corrected chi connectivity index (χ3v) is 4.15. The Kier molecular flexibility index (Phi) is 2.83. The topological polar surface area (TPSA) is 81.5 Å². The van der Waals surface area contributed by atoms with Gasteiger partial charge in [-0.05, 0) is 18.1 Å². The summed E-state index contributed by atoms with van der Waals surface area (Å²) < 4.78 is 5.22. The summed E-state index contributed by atoms with van der Waals surface area (Å²) >= 11 is 0. The summed E-state index contributed by atoms with van der Waals surface area (Å²) in [7, 11) is 1.39. The van der Waals surface area contributed by atoms with Crippen LogP contribution in [-0.2, 0) is 9.53 Å². The molecule has 1 N–H and O–H groups in total. The van der Waals surface area contributed by atoms with Gasteiger partial charge < -0.3 is 10.1 Å². The van der Waals surface area contributed by atoms with Crippen LogP contribution < -0.4 is 5.32 Å². The minimum atomic E-state index is -1.79. The van der Waals surface area contributed by atoms with Gasteiger partial charge in [0.2, 0.25) is 0 Å². The van der Waals surface area contributed by atoms with E-state index in [-0.39, 0.29) is 0 Å². The first kappa shape index (κ1) is 12.8. The second-order valence-electron chi connectivity index (χ2n) is 5.00. The molecule has 0 unspecified atom stereocenters. The number of nitro groups is 1. The van der Waals surface area contributed by atoms with E-state index in [1.54, 1.807) is 18.2 Å². The summed E-state index contributed by atoms with van der Waals surface area (Å²) in [6.07, 6.45) is 3.03. The number of amides is 1. The number of anilines is 1. The third-order valence-electron chi connectivity index (χ3n) is 4.15. The summed E-state index contributed by atoms with van der Waals surface area (Å²) in [4.78, 5) is 23.7. The van der Waals surface area contributed by atoms with Crippen LogP contribution in [0.2, 0.25) is 0 Å². The van der Waals surface area contributed by atoms with Crippen LogP contribution >= 0.6 is 0 Å². The normalized spacial score (nSPS) is 31.1. The molecule has 20 heavy (non-hydrogen) atoms. The summed E-state index contributed by atoms with van der Waals surface area (Å²) in [6.45, 7) is 0. The van der Waals surface area contributed by atoms with Crippen molar-refractivity contribution in [3.63, 3.8) is 0 Å². The van der Waals surface area contributed by atoms with Gasteiger partial charge in [-0.15, -0.1) is 0 Å². The van der Waals surface area contributed by atoms with Crippen molar-refractivity contribution in [1.82, 2.24) is 0 Å². The molecule has 1 aromatic carbocycles. The van der Waals surface area contributed by atoms with Crippen molar-refractivity contribution in [3.05, 3.63) is 52.1 Å². The molecule has 6 nitrogen and oxygen atoms in total. The molecule has 0 spiro atoms. The minimum absolute atomic E-state index is 0.450. The molecule has 1 aromatic rings. The van der Waals surface area contributed by atoms with Crippen molar-refractivity contribution in [3.8, 4) is 0 Å². The zero-order chi connectivity index (χ0) is 14.3. The standard InChI is InChI=1S/C14H14N2O4/c1-20-12-8-4-6-10-9-5-2-3-7-11(9)15-13(17)14(10,12)16(18)19/h2-5,7-8,10,12H,6H2,1H3,(H,15,17)/t10-,12+,14-/m0/s1. The first-order chi connectivity index (χ1) is 9.62. The number of benzene rings is 1. The van der Waals surface area contributed by atoms with E-state index in [1.165, 1.54) is 7.11 Å². The number of rotatable bonds is 2. The van der Waals surface area contributed by atoms with Crippen molar-refractivity contribution in [1.29, 1.82) is 0 Å². The third kappa shape index (κ3) is 1.45. The Labute approximate surface area is 115 Å². The van der Waals surface area contributed by atoms with Crippen LogP contribution in [0.4, 0.5) is 5.69 Å². The minimum Gasteiger partial charge on any atom is -0.369 e. The van der Waals surface area contributed by atoms with E-state index in [1.807, 2.05) is 18.2 Å². The van der Waals surface area contributed by atoms with Crippen LogP contribution in [0.5, 0.6) is 0 Å². The van der Waals surface area contributed by atoms with Crippen LogP contribution in [0.1, 0.15) is 17.9 Å². The van der Waals surface area contributed by atoms with E-state index < -0.39 is 28.4 Å². The van der Waals surface area contributed by atoms with E-state index in [4.69, 9.17) is 4.74 Å². The van der Waals surface area contributed by atoms with Crippen LogP contribution in [-0.4, -0.2) is 29.6 Å². The number of nitrogens with one attached hydrogen (secondary N) is 1. The molecular weight excluding hydrogens is 260 g/mol. The number of hydrogen-bond acceptors (Lipinski definition) is 4. The molecule has 3 atom stereocenters. The second-order valence-corrected chi connectivity index (χ2v) is 5.00. The van der Waals surface area contributed by atoms with Crippen LogP contribution in [0.25, 0.3) is 0 Å². The lowest BCUT2D eigenvalue weighted by Gasteiger charge is -2.41.